The van der Waals surface area contributed by atoms with Gasteiger partial charge in [-0.05, 0) is 48.2 Å². The zero-order chi connectivity index (χ0) is 27.1. The molecule has 2 aromatic rings. The Bertz CT molecular complexity index is 1150. The number of likely N-dealkylation sites (tertiary alicyclic amines) is 1. The number of non-ortho nitro benzene ring substituents is 2. The molecule has 1 N–H and O–H groups in total. The number of benzene rings is 2. The summed E-state index contributed by atoms with van der Waals surface area (Å²) < 4.78 is 22.1. The van der Waals surface area contributed by atoms with Gasteiger partial charge in [-0.25, -0.2) is 9.59 Å². The van der Waals surface area contributed by atoms with Crippen LogP contribution in [-0.2, 0) is 32.2 Å². The van der Waals surface area contributed by atoms with Crippen molar-refractivity contribution in [1.82, 2.24) is 10.2 Å². The van der Waals surface area contributed by atoms with Crippen molar-refractivity contribution in [3.63, 3.8) is 0 Å². The van der Waals surface area contributed by atoms with E-state index >= 15 is 0 Å². The van der Waals surface area contributed by atoms with Crippen LogP contribution in [0.15, 0.2) is 48.5 Å². The molecule has 2 aliphatic heterocycles. The first-order valence-electron chi connectivity index (χ1n) is 11.9. The van der Waals surface area contributed by atoms with Gasteiger partial charge in [-0.15, -0.1) is 0 Å². The minimum atomic E-state index is -0.684. The van der Waals surface area contributed by atoms with Crippen molar-refractivity contribution in [2.24, 2.45) is 0 Å². The van der Waals surface area contributed by atoms with Crippen LogP contribution in [0.4, 0.5) is 21.0 Å². The van der Waals surface area contributed by atoms with Gasteiger partial charge in [0.25, 0.3) is 11.4 Å². The molecule has 0 spiro atoms. The van der Waals surface area contributed by atoms with Crippen molar-refractivity contribution in [2.45, 2.75) is 44.4 Å². The van der Waals surface area contributed by atoms with Crippen LogP contribution in [0.5, 0.6) is 0 Å². The third-order valence-electron chi connectivity index (χ3n) is 6.12. The third-order valence-corrected chi connectivity index (χ3v) is 6.12. The van der Waals surface area contributed by atoms with Crippen LogP contribution < -0.4 is 5.32 Å². The normalized spacial score (nSPS) is 20.9. The molecule has 38 heavy (non-hydrogen) atoms. The summed E-state index contributed by atoms with van der Waals surface area (Å²) in [6.45, 7) is 0.697. The standard InChI is InChI=1S/C24H26N4O10/c29-23(37-12-16-3-7-19(8-4-16)27(31)32)25-18-14-35-22(36-15-18)21-2-1-11-26(21)24(30)38-13-17-5-9-20(10-6-17)28(33)34/h3-10,18,21-22H,1-2,11-15H2,(H,25,29). The lowest BCUT2D eigenvalue weighted by atomic mass is 10.2. The minimum absolute atomic E-state index is 0.0274. The van der Waals surface area contributed by atoms with Crippen LogP contribution in [0.1, 0.15) is 24.0 Å². The summed E-state index contributed by atoms with van der Waals surface area (Å²) in [6.07, 6.45) is -0.493. The first-order valence-corrected chi connectivity index (χ1v) is 11.9. The molecule has 202 valence electrons. The van der Waals surface area contributed by atoms with Crippen molar-refractivity contribution in [3.8, 4) is 0 Å². The second kappa shape index (κ2) is 12.3. The smallest absolute Gasteiger partial charge is 0.410 e. The Kier molecular flexibility index (Phi) is 8.66. The van der Waals surface area contributed by atoms with Gasteiger partial charge in [0.1, 0.15) is 13.2 Å². The number of nitrogens with one attached hydrogen (secondary N) is 1. The van der Waals surface area contributed by atoms with Gasteiger partial charge in [-0.2, -0.15) is 0 Å². The van der Waals surface area contributed by atoms with Gasteiger partial charge in [-0.3, -0.25) is 20.2 Å². The predicted molar refractivity (Wildman–Crippen MR) is 129 cm³/mol. The van der Waals surface area contributed by atoms with Crippen molar-refractivity contribution in [1.29, 1.82) is 0 Å². The topological polar surface area (TPSA) is 173 Å². The number of nitrogens with zero attached hydrogens (tertiary/aromatic N) is 3. The molecule has 0 saturated carbocycles. The largest absolute Gasteiger partial charge is 0.445 e. The summed E-state index contributed by atoms with van der Waals surface area (Å²) in [5, 5.41) is 24.1. The lowest BCUT2D eigenvalue weighted by Crippen LogP contribution is -2.53. The molecule has 2 aliphatic rings. The Morgan fingerprint density at radius 1 is 0.895 bits per heavy atom. The van der Waals surface area contributed by atoms with E-state index in [4.69, 9.17) is 18.9 Å². The average molecular weight is 530 g/mol. The maximum absolute atomic E-state index is 12.7. The zero-order valence-corrected chi connectivity index (χ0v) is 20.2. The first kappa shape index (κ1) is 26.8. The fraction of sp³-hybridized carbons (Fsp3) is 0.417. The Balaban J connectivity index is 1.19. The third kappa shape index (κ3) is 6.92. The summed E-state index contributed by atoms with van der Waals surface area (Å²) in [5.41, 5.74) is 1.13. The molecule has 1 unspecified atom stereocenters. The number of carbonyl (C=O) groups excluding carboxylic acids is 2. The molecular weight excluding hydrogens is 504 g/mol. The quantitative estimate of drug-likeness (QED) is 0.394. The number of nitro groups is 2. The van der Waals surface area contributed by atoms with E-state index in [-0.39, 0.29) is 43.8 Å². The molecule has 0 aromatic heterocycles. The summed E-state index contributed by atoms with van der Waals surface area (Å²) in [6, 6.07) is 10.6. The molecule has 2 fully saturated rings. The highest BCUT2D eigenvalue weighted by Gasteiger charge is 2.39. The summed E-state index contributed by atoms with van der Waals surface area (Å²) in [7, 11) is 0. The number of hydrogen-bond donors (Lipinski definition) is 1. The molecule has 1 atom stereocenters. The van der Waals surface area contributed by atoms with Gasteiger partial charge in [0.15, 0.2) is 6.29 Å². The molecule has 0 aliphatic carbocycles. The van der Waals surface area contributed by atoms with Crippen molar-refractivity contribution >= 4 is 23.6 Å². The molecule has 14 heteroatoms. The van der Waals surface area contributed by atoms with E-state index in [1.165, 1.54) is 48.5 Å². The number of alkyl carbamates (subject to hydrolysis) is 1. The summed E-state index contributed by atoms with van der Waals surface area (Å²) in [4.78, 5) is 46.8. The zero-order valence-electron chi connectivity index (χ0n) is 20.2. The Labute approximate surface area is 216 Å². The van der Waals surface area contributed by atoms with E-state index in [0.717, 1.165) is 6.42 Å². The van der Waals surface area contributed by atoms with Crippen LogP contribution in [-0.4, -0.2) is 65.1 Å². The summed E-state index contributed by atoms with van der Waals surface area (Å²) in [5.74, 6) is 0. The van der Waals surface area contributed by atoms with Crippen molar-refractivity contribution < 1.29 is 38.4 Å². The number of hydrogen-bond acceptors (Lipinski definition) is 10. The number of carbonyl (C=O) groups is 2. The molecule has 0 bridgehead atoms. The van der Waals surface area contributed by atoms with E-state index in [1.54, 1.807) is 4.90 Å². The van der Waals surface area contributed by atoms with E-state index < -0.39 is 34.4 Å². The molecule has 4 rings (SSSR count). The van der Waals surface area contributed by atoms with Crippen molar-refractivity contribution in [3.05, 3.63) is 79.9 Å². The van der Waals surface area contributed by atoms with Gasteiger partial charge in [0, 0.05) is 30.8 Å². The highest BCUT2D eigenvalue weighted by molar-refractivity contribution is 5.68. The Morgan fingerprint density at radius 2 is 1.42 bits per heavy atom. The van der Waals surface area contributed by atoms with Crippen molar-refractivity contribution in [2.75, 3.05) is 19.8 Å². The summed E-state index contributed by atoms with van der Waals surface area (Å²) >= 11 is 0. The second-order valence-corrected chi connectivity index (χ2v) is 8.76. The van der Waals surface area contributed by atoms with Crippen LogP contribution in [0.2, 0.25) is 0 Å². The van der Waals surface area contributed by atoms with Gasteiger partial charge in [0.2, 0.25) is 0 Å². The molecule has 2 saturated heterocycles. The van der Waals surface area contributed by atoms with Crippen LogP contribution in [0.3, 0.4) is 0 Å². The van der Waals surface area contributed by atoms with Gasteiger partial charge < -0.3 is 29.2 Å². The predicted octanol–water partition coefficient (Wildman–Crippen LogP) is 3.27. The maximum Gasteiger partial charge on any atom is 0.410 e. The molecule has 2 amide bonds. The maximum atomic E-state index is 12.7. The Hall–Kier alpha value is -4.30. The molecular formula is C24H26N4O10. The Morgan fingerprint density at radius 3 is 1.95 bits per heavy atom. The number of rotatable bonds is 8. The fourth-order valence-corrected chi connectivity index (χ4v) is 4.14. The van der Waals surface area contributed by atoms with E-state index in [0.29, 0.717) is 24.1 Å². The lowest BCUT2D eigenvalue weighted by Gasteiger charge is -2.36. The number of ether oxygens (including phenoxy) is 4. The van der Waals surface area contributed by atoms with E-state index in [1.807, 2.05) is 0 Å². The van der Waals surface area contributed by atoms with Crippen LogP contribution in [0, 0.1) is 20.2 Å². The fourth-order valence-electron chi connectivity index (χ4n) is 4.14. The van der Waals surface area contributed by atoms with Gasteiger partial charge in [0.05, 0.1) is 35.1 Å². The number of nitro benzene ring substituents is 2. The second-order valence-electron chi connectivity index (χ2n) is 8.76. The minimum Gasteiger partial charge on any atom is -0.445 e. The van der Waals surface area contributed by atoms with Crippen LogP contribution >= 0.6 is 0 Å². The monoisotopic (exact) mass is 530 g/mol. The number of amides is 2. The highest BCUT2D eigenvalue weighted by Crippen LogP contribution is 2.26. The SMILES string of the molecule is O=C(NC1COC(C2CCCN2C(=O)OCc2ccc([N+](=O)[O-])cc2)OC1)OCc1ccc([N+](=O)[O-])cc1. The van der Waals surface area contributed by atoms with E-state index in [9.17, 15) is 29.8 Å². The lowest BCUT2D eigenvalue weighted by molar-refractivity contribution is -0.385. The van der Waals surface area contributed by atoms with Gasteiger partial charge in [-0.1, -0.05) is 0 Å². The first-order chi connectivity index (χ1) is 18.3. The average Bonchev–Trinajstić information content (AvgIpc) is 3.41. The van der Waals surface area contributed by atoms with E-state index in [2.05, 4.69) is 5.32 Å². The highest BCUT2D eigenvalue weighted by atomic mass is 16.7. The molecule has 2 heterocycles. The molecule has 2 aromatic carbocycles. The van der Waals surface area contributed by atoms with Gasteiger partial charge >= 0.3 is 12.2 Å². The molecule has 0 radical (unpaired) electrons. The molecule has 14 nitrogen and oxygen atoms in total. The van der Waals surface area contributed by atoms with Crippen LogP contribution in [0.25, 0.3) is 0 Å².